The van der Waals surface area contributed by atoms with E-state index in [1.54, 1.807) is 12.3 Å². The van der Waals surface area contributed by atoms with E-state index in [1.165, 1.54) is 12.8 Å². The predicted molar refractivity (Wildman–Crippen MR) is 53.8 cm³/mol. The lowest BCUT2D eigenvalue weighted by molar-refractivity contribution is 1.14. The molecule has 1 saturated carbocycles. The van der Waals surface area contributed by atoms with Crippen LogP contribution >= 0.6 is 11.6 Å². The van der Waals surface area contributed by atoms with Crippen molar-refractivity contribution in [3.63, 3.8) is 0 Å². The Morgan fingerprint density at radius 3 is 3.00 bits per heavy atom. The molecule has 1 N–H and O–H groups in total. The molecule has 0 atom stereocenters. The molecule has 2 nitrogen and oxygen atoms in total. The summed E-state index contributed by atoms with van der Waals surface area (Å²) in [6.07, 6.45) is 9.37. The van der Waals surface area contributed by atoms with Crippen molar-refractivity contribution in [2.24, 2.45) is 0 Å². The van der Waals surface area contributed by atoms with Crippen LogP contribution in [0.1, 0.15) is 18.4 Å². The first-order chi connectivity index (χ1) is 6.29. The minimum Gasteiger partial charge on any atom is -0.381 e. The van der Waals surface area contributed by atoms with E-state index in [1.807, 2.05) is 0 Å². The average molecular weight is 193 g/mol. The van der Waals surface area contributed by atoms with Crippen LogP contribution in [0.4, 0.5) is 5.69 Å². The molecule has 3 heteroatoms. The van der Waals surface area contributed by atoms with Crippen molar-refractivity contribution in [1.82, 2.24) is 4.98 Å². The van der Waals surface area contributed by atoms with Gasteiger partial charge in [-0.05, 0) is 18.9 Å². The number of hydrogen-bond donors (Lipinski definition) is 1. The molecule has 13 heavy (non-hydrogen) atoms. The molecule has 2 rings (SSSR count). The summed E-state index contributed by atoms with van der Waals surface area (Å²) in [6.45, 7) is 0. The standard InChI is InChI=1S/C10H9ClN2/c1-2-7-6-12-10(11)5-9(7)13-8-3-4-8/h1,5-6,8H,3-4H2,(H,12,13). The lowest BCUT2D eigenvalue weighted by Gasteiger charge is -2.06. The highest BCUT2D eigenvalue weighted by molar-refractivity contribution is 6.29. The third-order valence-corrected chi connectivity index (χ3v) is 2.17. The zero-order valence-electron chi connectivity index (χ0n) is 7.05. The Morgan fingerprint density at radius 2 is 2.38 bits per heavy atom. The Kier molecular flexibility index (Phi) is 2.12. The fourth-order valence-electron chi connectivity index (χ4n) is 1.11. The van der Waals surface area contributed by atoms with Crippen LogP contribution in [0.3, 0.4) is 0 Å². The van der Waals surface area contributed by atoms with Crippen molar-refractivity contribution >= 4 is 17.3 Å². The van der Waals surface area contributed by atoms with E-state index in [-0.39, 0.29) is 0 Å². The van der Waals surface area contributed by atoms with Crippen LogP contribution in [0.25, 0.3) is 0 Å². The molecular formula is C10H9ClN2. The summed E-state index contributed by atoms with van der Waals surface area (Å²) in [4.78, 5) is 3.92. The fourth-order valence-corrected chi connectivity index (χ4v) is 1.27. The molecule has 1 aromatic heterocycles. The number of halogens is 1. The molecule has 0 aliphatic heterocycles. The minimum atomic E-state index is 0.474. The zero-order chi connectivity index (χ0) is 9.26. The number of nitrogens with zero attached hydrogens (tertiary/aromatic N) is 1. The molecule has 0 unspecified atom stereocenters. The zero-order valence-corrected chi connectivity index (χ0v) is 7.80. The van der Waals surface area contributed by atoms with E-state index in [4.69, 9.17) is 18.0 Å². The molecule has 1 fully saturated rings. The molecule has 0 saturated heterocycles. The maximum absolute atomic E-state index is 5.76. The Labute approximate surface area is 82.3 Å². The van der Waals surface area contributed by atoms with E-state index >= 15 is 0 Å². The molecule has 0 amide bonds. The average Bonchev–Trinajstić information content (AvgIpc) is 2.89. The van der Waals surface area contributed by atoms with Crippen LogP contribution in [0, 0.1) is 12.3 Å². The van der Waals surface area contributed by atoms with Gasteiger partial charge >= 0.3 is 0 Å². The molecule has 0 bridgehead atoms. The van der Waals surface area contributed by atoms with E-state index in [9.17, 15) is 0 Å². The molecule has 1 aliphatic rings. The normalized spacial score (nSPS) is 15.1. The second-order valence-corrected chi connectivity index (χ2v) is 3.50. The van der Waals surface area contributed by atoms with Gasteiger partial charge in [-0.25, -0.2) is 4.98 Å². The van der Waals surface area contributed by atoms with Gasteiger partial charge in [0, 0.05) is 12.2 Å². The number of anilines is 1. The molecule has 1 aliphatic carbocycles. The number of nitrogens with one attached hydrogen (secondary N) is 1. The Bertz CT molecular complexity index is 364. The van der Waals surface area contributed by atoms with E-state index in [2.05, 4.69) is 16.2 Å². The highest BCUT2D eigenvalue weighted by Crippen LogP contribution is 2.27. The minimum absolute atomic E-state index is 0.474. The number of aromatic nitrogens is 1. The summed E-state index contributed by atoms with van der Waals surface area (Å²) in [5.74, 6) is 2.57. The van der Waals surface area contributed by atoms with Gasteiger partial charge in [0.2, 0.25) is 0 Å². The van der Waals surface area contributed by atoms with Gasteiger partial charge in [0.05, 0.1) is 11.3 Å². The largest absolute Gasteiger partial charge is 0.381 e. The van der Waals surface area contributed by atoms with Gasteiger partial charge in [-0.3, -0.25) is 0 Å². The van der Waals surface area contributed by atoms with Crippen molar-refractivity contribution in [1.29, 1.82) is 0 Å². The lowest BCUT2D eigenvalue weighted by Crippen LogP contribution is -2.03. The third kappa shape index (κ3) is 1.93. The molecule has 0 spiro atoms. The van der Waals surface area contributed by atoms with E-state index in [0.717, 1.165) is 11.3 Å². The Balaban J connectivity index is 2.29. The first-order valence-corrected chi connectivity index (χ1v) is 4.56. The molecule has 0 radical (unpaired) electrons. The number of pyridine rings is 1. The van der Waals surface area contributed by atoms with Gasteiger partial charge in [0.15, 0.2) is 0 Å². The monoisotopic (exact) mass is 192 g/mol. The Morgan fingerprint density at radius 1 is 1.62 bits per heavy atom. The van der Waals surface area contributed by atoms with Crippen LogP contribution in [0.2, 0.25) is 5.15 Å². The molecule has 1 heterocycles. The maximum atomic E-state index is 5.76. The van der Waals surface area contributed by atoms with E-state index < -0.39 is 0 Å². The van der Waals surface area contributed by atoms with Crippen LogP contribution in [0.5, 0.6) is 0 Å². The number of terminal acetylenes is 1. The van der Waals surface area contributed by atoms with Crippen molar-refractivity contribution in [3.05, 3.63) is 23.0 Å². The number of rotatable bonds is 2. The Hall–Kier alpha value is -1.20. The maximum Gasteiger partial charge on any atom is 0.131 e. The summed E-state index contributed by atoms with van der Waals surface area (Å²) >= 11 is 5.76. The molecular weight excluding hydrogens is 184 g/mol. The van der Waals surface area contributed by atoms with Gasteiger partial charge in [0.1, 0.15) is 5.15 Å². The summed E-state index contributed by atoms with van der Waals surface area (Å²) in [6, 6.07) is 2.35. The first-order valence-electron chi connectivity index (χ1n) is 4.18. The van der Waals surface area contributed by atoms with Gasteiger partial charge in [-0.2, -0.15) is 0 Å². The van der Waals surface area contributed by atoms with Crippen molar-refractivity contribution in [2.75, 3.05) is 5.32 Å². The van der Waals surface area contributed by atoms with Gasteiger partial charge in [0.25, 0.3) is 0 Å². The highest BCUT2D eigenvalue weighted by atomic mass is 35.5. The number of hydrogen-bond acceptors (Lipinski definition) is 2. The van der Waals surface area contributed by atoms with Gasteiger partial charge in [-0.1, -0.05) is 17.5 Å². The molecule has 1 aromatic rings. The summed E-state index contributed by atoms with van der Waals surface area (Å²) in [5, 5.41) is 3.78. The molecule has 0 aromatic carbocycles. The second kappa shape index (κ2) is 3.27. The van der Waals surface area contributed by atoms with Gasteiger partial charge < -0.3 is 5.32 Å². The summed E-state index contributed by atoms with van der Waals surface area (Å²) < 4.78 is 0. The first kappa shape index (κ1) is 8.40. The van der Waals surface area contributed by atoms with Crippen molar-refractivity contribution in [2.45, 2.75) is 18.9 Å². The third-order valence-electron chi connectivity index (χ3n) is 1.96. The van der Waals surface area contributed by atoms with E-state index in [0.29, 0.717) is 11.2 Å². The van der Waals surface area contributed by atoms with Crippen molar-refractivity contribution < 1.29 is 0 Å². The second-order valence-electron chi connectivity index (χ2n) is 3.12. The predicted octanol–water partition coefficient (Wildman–Crippen LogP) is 2.29. The lowest BCUT2D eigenvalue weighted by atomic mass is 10.2. The summed E-state index contributed by atoms with van der Waals surface area (Å²) in [7, 11) is 0. The van der Waals surface area contributed by atoms with Crippen LogP contribution in [-0.2, 0) is 0 Å². The van der Waals surface area contributed by atoms with Crippen LogP contribution in [-0.4, -0.2) is 11.0 Å². The summed E-state index contributed by atoms with van der Waals surface area (Å²) in [5.41, 5.74) is 1.70. The quantitative estimate of drug-likeness (QED) is 0.575. The topological polar surface area (TPSA) is 24.9 Å². The highest BCUT2D eigenvalue weighted by Gasteiger charge is 2.21. The van der Waals surface area contributed by atoms with Crippen LogP contribution in [0.15, 0.2) is 12.3 Å². The molecule has 66 valence electrons. The smallest absolute Gasteiger partial charge is 0.131 e. The van der Waals surface area contributed by atoms with Crippen molar-refractivity contribution in [3.8, 4) is 12.3 Å². The van der Waals surface area contributed by atoms with Crippen LogP contribution < -0.4 is 5.32 Å². The SMILES string of the molecule is C#Cc1cnc(Cl)cc1NC1CC1. The fraction of sp³-hybridized carbons (Fsp3) is 0.300. The van der Waals surface area contributed by atoms with Gasteiger partial charge in [-0.15, -0.1) is 6.42 Å².